The molecular formula is C14H26N4O2S2. The topological polar surface area (TPSA) is 87.8 Å². The maximum absolute atomic E-state index is 12.2. The van der Waals surface area contributed by atoms with Crippen molar-refractivity contribution in [1.82, 2.24) is 9.62 Å². The SMILES string of the molecule is CCCCCCN=C(N)NCCN(C)S(=O)(=O)c1cccs1. The molecular weight excluding hydrogens is 320 g/mol. The van der Waals surface area contributed by atoms with Crippen molar-refractivity contribution in [2.45, 2.75) is 36.8 Å². The minimum Gasteiger partial charge on any atom is -0.370 e. The highest BCUT2D eigenvalue weighted by molar-refractivity contribution is 7.91. The molecule has 8 heteroatoms. The van der Waals surface area contributed by atoms with Crippen LogP contribution in [0.25, 0.3) is 0 Å². The molecule has 1 aromatic heterocycles. The van der Waals surface area contributed by atoms with Crippen molar-refractivity contribution in [2.75, 3.05) is 26.7 Å². The Balaban J connectivity index is 2.30. The fraction of sp³-hybridized carbons (Fsp3) is 0.643. The number of nitrogens with one attached hydrogen (secondary N) is 1. The Labute approximate surface area is 137 Å². The number of guanidine groups is 1. The van der Waals surface area contributed by atoms with Crippen LogP contribution < -0.4 is 11.1 Å². The van der Waals surface area contributed by atoms with Crippen molar-refractivity contribution in [2.24, 2.45) is 10.7 Å². The number of nitrogens with zero attached hydrogens (tertiary/aromatic N) is 2. The fourth-order valence-electron chi connectivity index (χ4n) is 1.82. The van der Waals surface area contributed by atoms with Crippen LogP contribution in [0.1, 0.15) is 32.6 Å². The van der Waals surface area contributed by atoms with Crippen molar-refractivity contribution in [3.05, 3.63) is 17.5 Å². The Morgan fingerprint density at radius 2 is 2.18 bits per heavy atom. The average molecular weight is 347 g/mol. The maximum atomic E-state index is 12.2. The zero-order valence-electron chi connectivity index (χ0n) is 13.3. The summed E-state index contributed by atoms with van der Waals surface area (Å²) in [5, 5.41) is 4.70. The maximum Gasteiger partial charge on any atom is 0.252 e. The van der Waals surface area contributed by atoms with Crippen molar-refractivity contribution in [3.8, 4) is 0 Å². The number of hydrogen-bond donors (Lipinski definition) is 2. The molecule has 6 nitrogen and oxygen atoms in total. The van der Waals surface area contributed by atoms with Gasteiger partial charge in [0.25, 0.3) is 10.0 Å². The lowest BCUT2D eigenvalue weighted by Crippen LogP contribution is -2.39. The summed E-state index contributed by atoms with van der Waals surface area (Å²) < 4.78 is 26.1. The number of hydrogen-bond acceptors (Lipinski definition) is 4. The molecule has 1 heterocycles. The predicted molar refractivity (Wildman–Crippen MR) is 92.8 cm³/mol. The molecule has 0 saturated carbocycles. The molecule has 0 unspecified atom stereocenters. The third-order valence-corrected chi connectivity index (χ3v) is 6.42. The Morgan fingerprint density at radius 1 is 1.41 bits per heavy atom. The average Bonchev–Trinajstić information content (AvgIpc) is 3.01. The first-order valence-electron chi connectivity index (χ1n) is 7.52. The predicted octanol–water partition coefficient (Wildman–Crippen LogP) is 1.85. The minimum atomic E-state index is -3.39. The summed E-state index contributed by atoms with van der Waals surface area (Å²) in [5.41, 5.74) is 5.75. The summed E-state index contributed by atoms with van der Waals surface area (Å²) in [6, 6.07) is 3.34. The molecule has 0 aliphatic carbocycles. The molecule has 0 saturated heterocycles. The van der Waals surface area contributed by atoms with E-state index in [0.717, 1.165) is 12.8 Å². The second kappa shape index (κ2) is 9.81. The Hall–Kier alpha value is -1.12. The summed E-state index contributed by atoms with van der Waals surface area (Å²) in [4.78, 5) is 4.22. The van der Waals surface area contributed by atoms with Crippen LogP contribution in [0, 0.1) is 0 Å². The molecule has 0 aliphatic heterocycles. The highest BCUT2D eigenvalue weighted by Crippen LogP contribution is 2.19. The van der Waals surface area contributed by atoms with Crippen LogP contribution >= 0.6 is 11.3 Å². The molecule has 1 rings (SSSR count). The largest absolute Gasteiger partial charge is 0.370 e. The van der Waals surface area contributed by atoms with E-state index in [1.165, 1.54) is 28.5 Å². The van der Waals surface area contributed by atoms with Gasteiger partial charge in [-0.25, -0.2) is 8.42 Å². The Morgan fingerprint density at radius 3 is 2.82 bits per heavy atom. The van der Waals surface area contributed by atoms with Crippen LogP contribution in [0.5, 0.6) is 0 Å². The zero-order chi connectivity index (χ0) is 16.4. The summed E-state index contributed by atoms with van der Waals surface area (Å²) >= 11 is 1.22. The summed E-state index contributed by atoms with van der Waals surface area (Å²) in [6.45, 7) is 3.65. The van der Waals surface area contributed by atoms with Gasteiger partial charge in [0.05, 0.1) is 0 Å². The van der Waals surface area contributed by atoms with Crippen molar-refractivity contribution in [3.63, 3.8) is 0 Å². The van der Waals surface area contributed by atoms with Gasteiger partial charge in [0.2, 0.25) is 0 Å². The lowest BCUT2D eigenvalue weighted by atomic mass is 10.2. The van der Waals surface area contributed by atoms with Crippen molar-refractivity contribution < 1.29 is 8.42 Å². The highest BCUT2D eigenvalue weighted by atomic mass is 32.2. The van der Waals surface area contributed by atoms with E-state index in [0.29, 0.717) is 29.8 Å². The number of likely N-dealkylation sites (N-methyl/N-ethyl adjacent to an activating group) is 1. The number of aliphatic imine (C=N–C) groups is 1. The first kappa shape index (κ1) is 18.9. The quantitative estimate of drug-likeness (QED) is 0.384. The van der Waals surface area contributed by atoms with E-state index in [1.807, 2.05) is 0 Å². The number of sulfonamides is 1. The van der Waals surface area contributed by atoms with Gasteiger partial charge in [0.15, 0.2) is 5.96 Å². The number of unbranched alkanes of at least 4 members (excludes halogenated alkanes) is 3. The molecule has 126 valence electrons. The monoisotopic (exact) mass is 346 g/mol. The van der Waals surface area contributed by atoms with E-state index in [1.54, 1.807) is 24.6 Å². The zero-order valence-corrected chi connectivity index (χ0v) is 14.9. The van der Waals surface area contributed by atoms with E-state index in [9.17, 15) is 8.42 Å². The number of rotatable bonds is 10. The van der Waals surface area contributed by atoms with Gasteiger partial charge in [0, 0.05) is 26.7 Å². The molecule has 0 atom stereocenters. The smallest absolute Gasteiger partial charge is 0.252 e. The van der Waals surface area contributed by atoms with Crippen LogP contribution in [0.4, 0.5) is 0 Å². The molecule has 0 amide bonds. The first-order chi connectivity index (χ1) is 10.5. The molecule has 0 aliphatic rings. The molecule has 0 bridgehead atoms. The standard InChI is InChI=1S/C14H26N4O2S2/c1-3-4-5-6-9-16-14(15)17-10-11-18(2)22(19,20)13-8-7-12-21-13/h7-8,12H,3-6,9-11H2,1-2H3,(H3,15,16,17). The lowest BCUT2D eigenvalue weighted by Gasteiger charge is -2.16. The van der Waals surface area contributed by atoms with Crippen LogP contribution in [-0.2, 0) is 10.0 Å². The van der Waals surface area contributed by atoms with Crippen LogP contribution in [0.15, 0.2) is 26.7 Å². The molecule has 0 fully saturated rings. The van der Waals surface area contributed by atoms with Gasteiger partial charge in [-0.1, -0.05) is 32.3 Å². The van der Waals surface area contributed by atoms with Gasteiger partial charge in [-0.05, 0) is 17.9 Å². The molecule has 22 heavy (non-hydrogen) atoms. The normalized spacial score (nSPS) is 12.8. The van der Waals surface area contributed by atoms with Gasteiger partial charge in [0.1, 0.15) is 4.21 Å². The van der Waals surface area contributed by atoms with Gasteiger partial charge in [-0.15, -0.1) is 11.3 Å². The molecule has 0 spiro atoms. The van der Waals surface area contributed by atoms with Crippen LogP contribution in [-0.4, -0.2) is 45.4 Å². The second-order valence-electron chi connectivity index (χ2n) is 5.01. The van der Waals surface area contributed by atoms with Crippen molar-refractivity contribution >= 4 is 27.3 Å². The van der Waals surface area contributed by atoms with Gasteiger partial charge in [-0.3, -0.25) is 4.99 Å². The van der Waals surface area contributed by atoms with E-state index < -0.39 is 10.0 Å². The molecule has 0 aromatic carbocycles. The molecule has 3 N–H and O–H groups in total. The Bertz CT molecular complexity index is 541. The second-order valence-corrected chi connectivity index (χ2v) is 8.23. The molecule has 0 radical (unpaired) electrons. The third kappa shape index (κ3) is 6.33. The number of nitrogens with two attached hydrogens (primary N) is 1. The summed E-state index contributed by atoms with van der Waals surface area (Å²) in [6.07, 6.45) is 4.61. The van der Waals surface area contributed by atoms with E-state index in [4.69, 9.17) is 5.73 Å². The van der Waals surface area contributed by atoms with E-state index in [-0.39, 0.29) is 0 Å². The van der Waals surface area contributed by atoms with Gasteiger partial charge in [-0.2, -0.15) is 4.31 Å². The first-order valence-corrected chi connectivity index (χ1v) is 9.84. The number of thiophene rings is 1. The summed E-state index contributed by atoms with van der Waals surface area (Å²) in [5.74, 6) is 0.374. The van der Waals surface area contributed by atoms with Gasteiger partial charge < -0.3 is 11.1 Å². The van der Waals surface area contributed by atoms with Crippen LogP contribution in [0.3, 0.4) is 0 Å². The van der Waals surface area contributed by atoms with E-state index in [2.05, 4.69) is 17.2 Å². The summed E-state index contributed by atoms with van der Waals surface area (Å²) in [7, 11) is -1.83. The highest BCUT2D eigenvalue weighted by Gasteiger charge is 2.20. The third-order valence-electron chi connectivity index (χ3n) is 3.19. The Kier molecular flexibility index (Phi) is 8.44. The minimum absolute atomic E-state index is 0.340. The molecule has 1 aromatic rings. The fourth-order valence-corrected chi connectivity index (χ4v) is 4.19. The van der Waals surface area contributed by atoms with Crippen molar-refractivity contribution in [1.29, 1.82) is 0 Å². The van der Waals surface area contributed by atoms with Crippen LogP contribution in [0.2, 0.25) is 0 Å². The van der Waals surface area contributed by atoms with E-state index >= 15 is 0 Å². The van der Waals surface area contributed by atoms with Gasteiger partial charge >= 0.3 is 0 Å². The lowest BCUT2D eigenvalue weighted by molar-refractivity contribution is 0.472.